The van der Waals surface area contributed by atoms with E-state index in [0.29, 0.717) is 46.5 Å². The maximum Gasteiger partial charge on any atom is 0.263 e. The Labute approximate surface area is 183 Å². The summed E-state index contributed by atoms with van der Waals surface area (Å²) >= 11 is 13.5. The van der Waals surface area contributed by atoms with E-state index in [1.165, 1.54) is 16.2 Å². The lowest BCUT2D eigenvalue weighted by atomic mass is 9.95. The molecule has 154 valence electrons. The van der Waals surface area contributed by atoms with E-state index < -0.39 is 0 Å². The number of benzene rings is 1. The van der Waals surface area contributed by atoms with Crippen molar-refractivity contribution in [3.05, 3.63) is 50.6 Å². The molecule has 1 aliphatic rings. The quantitative estimate of drug-likeness (QED) is 0.743. The molecule has 0 radical (unpaired) electrons. The van der Waals surface area contributed by atoms with Crippen LogP contribution in [0.5, 0.6) is 0 Å². The first-order valence-electron chi connectivity index (χ1n) is 9.18. The first-order valence-corrected chi connectivity index (χ1v) is 10.8. The number of thiophene rings is 1. The van der Waals surface area contributed by atoms with Gasteiger partial charge in [-0.2, -0.15) is 0 Å². The number of carbonyl (C=O) groups is 3. The summed E-state index contributed by atoms with van der Waals surface area (Å²) in [5, 5.41) is 5.20. The van der Waals surface area contributed by atoms with Crippen LogP contribution in [0.25, 0.3) is 0 Å². The van der Waals surface area contributed by atoms with Crippen molar-refractivity contribution in [2.45, 2.75) is 12.8 Å². The van der Waals surface area contributed by atoms with Gasteiger partial charge in [0, 0.05) is 26.1 Å². The molecule has 1 N–H and O–H groups in total. The molecule has 3 rings (SSSR count). The fraction of sp³-hybridized carbons (Fsp3) is 0.350. The number of nitrogens with one attached hydrogen (secondary N) is 1. The molecule has 0 bridgehead atoms. The monoisotopic (exact) mass is 453 g/mol. The fourth-order valence-corrected chi connectivity index (χ4v) is 4.47. The van der Waals surface area contributed by atoms with Gasteiger partial charge in [0.15, 0.2) is 0 Å². The predicted octanol–water partition coefficient (Wildman–Crippen LogP) is 4.00. The SMILES string of the molecule is CN(CC(=O)Nc1c(Cl)cccc1Cl)C(=O)C1CCN(C(=O)c2cccs2)CC1. The lowest BCUT2D eigenvalue weighted by molar-refractivity contribution is -0.138. The van der Waals surface area contributed by atoms with Crippen LogP contribution in [-0.4, -0.2) is 54.2 Å². The van der Waals surface area contributed by atoms with Gasteiger partial charge in [-0.15, -0.1) is 11.3 Å². The minimum absolute atomic E-state index is 0.00949. The van der Waals surface area contributed by atoms with Crippen LogP contribution in [0.4, 0.5) is 5.69 Å². The van der Waals surface area contributed by atoms with Crippen molar-refractivity contribution in [1.82, 2.24) is 9.80 Å². The molecule has 1 aromatic carbocycles. The van der Waals surface area contributed by atoms with E-state index >= 15 is 0 Å². The highest BCUT2D eigenvalue weighted by Crippen LogP contribution is 2.29. The van der Waals surface area contributed by atoms with Crippen molar-refractivity contribution in [1.29, 1.82) is 0 Å². The van der Waals surface area contributed by atoms with Crippen molar-refractivity contribution in [3.8, 4) is 0 Å². The Bertz CT molecular complexity index is 876. The van der Waals surface area contributed by atoms with Crippen LogP contribution in [0, 0.1) is 5.92 Å². The highest BCUT2D eigenvalue weighted by atomic mass is 35.5. The molecule has 2 aromatic rings. The molecule has 0 saturated carbocycles. The molecule has 0 aliphatic carbocycles. The first-order chi connectivity index (χ1) is 13.9. The van der Waals surface area contributed by atoms with Crippen molar-refractivity contribution in [2.75, 3.05) is 32.0 Å². The van der Waals surface area contributed by atoms with Crippen LogP contribution in [-0.2, 0) is 9.59 Å². The molecule has 6 nitrogen and oxygen atoms in total. The lowest BCUT2D eigenvalue weighted by Crippen LogP contribution is -2.44. The number of hydrogen-bond acceptors (Lipinski definition) is 4. The maximum atomic E-state index is 12.7. The topological polar surface area (TPSA) is 69.7 Å². The third-order valence-electron chi connectivity index (χ3n) is 4.85. The summed E-state index contributed by atoms with van der Waals surface area (Å²) in [4.78, 5) is 41.3. The number of hydrogen-bond donors (Lipinski definition) is 1. The molecule has 0 unspecified atom stereocenters. The Kier molecular flexibility index (Phi) is 7.16. The summed E-state index contributed by atoms with van der Waals surface area (Å²) in [6.07, 6.45) is 1.16. The van der Waals surface area contributed by atoms with E-state index in [2.05, 4.69) is 5.32 Å². The van der Waals surface area contributed by atoms with Crippen molar-refractivity contribution in [3.63, 3.8) is 0 Å². The van der Waals surface area contributed by atoms with Crippen LogP contribution >= 0.6 is 34.5 Å². The van der Waals surface area contributed by atoms with Gasteiger partial charge >= 0.3 is 0 Å². The zero-order valence-electron chi connectivity index (χ0n) is 15.9. The lowest BCUT2D eigenvalue weighted by Gasteiger charge is -2.32. The molecule has 9 heteroatoms. The van der Waals surface area contributed by atoms with E-state index in [-0.39, 0.29) is 30.2 Å². The van der Waals surface area contributed by atoms with E-state index in [1.807, 2.05) is 17.5 Å². The molecular formula is C20H21Cl2N3O3S. The second kappa shape index (κ2) is 9.61. The molecule has 3 amide bonds. The summed E-state index contributed by atoms with van der Waals surface area (Å²) in [5.41, 5.74) is 0.335. The highest BCUT2D eigenvalue weighted by molar-refractivity contribution is 7.12. The molecule has 1 aromatic heterocycles. The van der Waals surface area contributed by atoms with Crippen molar-refractivity contribution in [2.24, 2.45) is 5.92 Å². The average molecular weight is 454 g/mol. The fourth-order valence-electron chi connectivity index (χ4n) is 3.29. The molecule has 29 heavy (non-hydrogen) atoms. The maximum absolute atomic E-state index is 12.7. The Morgan fingerprint density at radius 1 is 1.14 bits per heavy atom. The van der Waals surface area contributed by atoms with Gasteiger partial charge in [-0.1, -0.05) is 35.3 Å². The molecule has 1 saturated heterocycles. The van der Waals surface area contributed by atoms with Gasteiger partial charge in [0.05, 0.1) is 27.2 Å². The third kappa shape index (κ3) is 5.29. The van der Waals surface area contributed by atoms with E-state index in [9.17, 15) is 14.4 Å². The smallest absolute Gasteiger partial charge is 0.263 e. The Morgan fingerprint density at radius 2 is 1.79 bits per heavy atom. The first kappa shape index (κ1) is 21.6. The van der Waals surface area contributed by atoms with Crippen LogP contribution in [0.1, 0.15) is 22.5 Å². The number of piperidine rings is 1. The largest absolute Gasteiger partial charge is 0.338 e. The van der Waals surface area contributed by atoms with Crippen molar-refractivity contribution < 1.29 is 14.4 Å². The van der Waals surface area contributed by atoms with Gasteiger partial charge in [-0.05, 0) is 36.4 Å². The number of rotatable bonds is 5. The summed E-state index contributed by atoms with van der Waals surface area (Å²) in [5.74, 6) is -0.672. The van der Waals surface area contributed by atoms with Crippen LogP contribution in [0.2, 0.25) is 10.0 Å². The minimum Gasteiger partial charge on any atom is -0.338 e. The summed E-state index contributed by atoms with van der Waals surface area (Å²) < 4.78 is 0. The number of anilines is 1. The number of likely N-dealkylation sites (tertiary alicyclic amines) is 1. The molecule has 0 atom stereocenters. The number of carbonyl (C=O) groups excluding carboxylic acids is 3. The normalized spacial score (nSPS) is 14.5. The minimum atomic E-state index is -0.374. The average Bonchev–Trinajstić information content (AvgIpc) is 3.24. The second-order valence-corrected chi connectivity index (χ2v) is 8.65. The number of likely N-dealkylation sites (N-methyl/N-ethyl adjacent to an activating group) is 1. The Balaban J connectivity index is 1.50. The van der Waals surface area contributed by atoms with Gasteiger partial charge < -0.3 is 15.1 Å². The van der Waals surface area contributed by atoms with E-state index in [0.717, 1.165) is 0 Å². The van der Waals surface area contributed by atoms with Gasteiger partial charge in [0.2, 0.25) is 11.8 Å². The summed E-state index contributed by atoms with van der Waals surface area (Å²) in [6.45, 7) is 0.958. The second-order valence-electron chi connectivity index (χ2n) is 6.88. The van der Waals surface area contributed by atoms with E-state index in [1.54, 1.807) is 30.1 Å². The predicted molar refractivity (Wildman–Crippen MR) is 116 cm³/mol. The number of para-hydroxylation sites is 1. The van der Waals surface area contributed by atoms with Crippen molar-refractivity contribution >= 4 is 57.9 Å². The zero-order valence-corrected chi connectivity index (χ0v) is 18.2. The molecule has 1 fully saturated rings. The van der Waals surface area contributed by atoms with Gasteiger partial charge in [-0.3, -0.25) is 14.4 Å². The standard InChI is InChI=1S/C20H21Cl2N3O3S/c1-24(12-17(26)23-18-14(21)4-2-5-15(18)22)19(27)13-7-9-25(10-8-13)20(28)16-6-3-11-29-16/h2-6,11,13H,7-10,12H2,1H3,(H,23,26). The molecule has 0 spiro atoms. The third-order valence-corrected chi connectivity index (χ3v) is 6.34. The summed E-state index contributed by atoms with van der Waals surface area (Å²) in [6, 6.07) is 8.60. The number of halogens is 2. The molecule has 2 heterocycles. The molecule has 1 aliphatic heterocycles. The highest BCUT2D eigenvalue weighted by Gasteiger charge is 2.30. The van der Waals surface area contributed by atoms with Gasteiger partial charge in [0.25, 0.3) is 5.91 Å². The van der Waals surface area contributed by atoms with E-state index in [4.69, 9.17) is 23.2 Å². The van der Waals surface area contributed by atoms with Gasteiger partial charge in [0.1, 0.15) is 0 Å². The number of nitrogens with zero attached hydrogens (tertiary/aromatic N) is 2. The van der Waals surface area contributed by atoms with Crippen LogP contribution in [0.3, 0.4) is 0 Å². The van der Waals surface area contributed by atoms with Crippen LogP contribution < -0.4 is 5.32 Å². The summed E-state index contributed by atoms with van der Waals surface area (Å²) in [7, 11) is 1.60. The molecular weight excluding hydrogens is 433 g/mol. The van der Waals surface area contributed by atoms with Crippen LogP contribution in [0.15, 0.2) is 35.7 Å². The Morgan fingerprint density at radius 3 is 2.38 bits per heavy atom. The Hall–Kier alpha value is -2.09. The zero-order chi connectivity index (χ0) is 21.0. The van der Waals surface area contributed by atoms with Gasteiger partial charge in [-0.25, -0.2) is 0 Å². The number of amides is 3.